The van der Waals surface area contributed by atoms with Crippen LogP contribution < -0.4 is 10.6 Å². The van der Waals surface area contributed by atoms with Crippen LogP contribution in [0.1, 0.15) is 51.0 Å². The third-order valence-electron chi connectivity index (χ3n) is 4.49. The molecule has 1 fully saturated rings. The topological polar surface area (TPSA) is 41.1 Å². The van der Waals surface area contributed by atoms with Crippen LogP contribution in [0.25, 0.3) is 0 Å². The maximum Gasteiger partial charge on any atom is 0.315 e. The van der Waals surface area contributed by atoms with Gasteiger partial charge in [0.05, 0.1) is 0 Å². The third kappa shape index (κ3) is 5.78. The van der Waals surface area contributed by atoms with E-state index < -0.39 is 0 Å². The molecule has 0 aromatic heterocycles. The summed E-state index contributed by atoms with van der Waals surface area (Å²) < 4.78 is 0. The summed E-state index contributed by atoms with van der Waals surface area (Å²) in [5.74, 6) is 0.661. The summed E-state index contributed by atoms with van der Waals surface area (Å²) in [6, 6.07) is 10.7. The van der Waals surface area contributed by atoms with E-state index in [9.17, 15) is 4.79 Å². The van der Waals surface area contributed by atoms with Crippen molar-refractivity contribution in [1.29, 1.82) is 0 Å². The third-order valence-corrected chi connectivity index (χ3v) is 4.49. The molecule has 1 aliphatic carbocycles. The van der Waals surface area contributed by atoms with Gasteiger partial charge in [0.1, 0.15) is 0 Å². The fraction of sp³-hybridized carbons (Fsp3) is 0.611. The Morgan fingerprint density at radius 2 is 1.90 bits per heavy atom. The Hall–Kier alpha value is -1.51. The van der Waals surface area contributed by atoms with Gasteiger partial charge in [-0.3, -0.25) is 0 Å². The molecule has 1 saturated carbocycles. The second-order valence-electron chi connectivity index (χ2n) is 6.18. The Balaban J connectivity index is 1.58. The van der Waals surface area contributed by atoms with E-state index in [1.165, 1.54) is 37.7 Å². The molecule has 0 bridgehead atoms. The van der Waals surface area contributed by atoms with Crippen LogP contribution in [0, 0.1) is 5.92 Å². The van der Waals surface area contributed by atoms with Crippen molar-refractivity contribution in [3.63, 3.8) is 0 Å². The summed E-state index contributed by atoms with van der Waals surface area (Å²) in [5.41, 5.74) is 1.33. The average molecular weight is 288 g/mol. The fourth-order valence-electron chi connectivity index (χ4n) is 3.15. The largest absolute Gasteiger partial charge is 0.338 e. The van der Waals surface area contributed by atoms with Gasteiger partial charge in [-0.2, -0.15) is 0 Å². The Kier molecular flexibility index (Phi) is 6.58. The van der Waals surface area contributed by atoms with Gasteiger partial charge >= 0.3 is 6.03 Å². The molecule has 2 amide bonds. The summed E-state index contributed by atoms with van der Waals surface area (Å²) in [6.45, 7) is 2.87. The van der Waals surface area contributed by atoms with Gasteiger partial charge in [0.2, 0.25) is 0 Å². The van der Waals surface area contributed by atoms with E-state index in [0.717, 1.165) is 19.4 Å². The average Bonchev–Trinajstić information content (AvgIpc) is 2.53. The zero-order chi connectivity index (χ0) is 14.9. The number of carbonyl (C=O) groups excluding carboxylic acids is 1. The molecule has 116 valence electrons. The smallest absolute Gasteiger partial charge is 0.315 e. The molecule has 1 atom stereocenters. The Bertz CT molecular complexity index is 412. The molecule has 0 saturated heterocycles. The van der Waals surface area contributed by atoms with E-state index in [1.807, 2.05) is 6.07 Å². The van der Waals surface area contributed by atoms with Crippen molar-refractivity contribution in [3.05, 3.63) is 35.9 Å². The van der Waals surface area contributed by atoms with Crippen LogP contribution in [0.15, 0.2) is 30.3 Å². The van der Waals surface area contributed by atoms with Gasteiger partial charge in [0, 0.05) is 12.6 Å². The van der Waals surface area contributed by atoms with Crippen molar-refractivity contribution >= 4 is 6.03 Å². The number of hydrogen-bond acceptors (Lipinski definition) is 1. The first-order valence-electron chi connectivity index (χ1n) is 8.34. The first-order valence-corrected chi connectivity index (χ1v) is 8.34. The van der Waals surface area contributed by atoms with Crippen molar-refractivity contribution in [3.8, 4) is 0 Å². The molecular weight excluding hydrogens is 260 g/mol. The normalized spacial score (nSPS) is 17.2. The van der Waals surface area contributed by atoms with Crippen LogP contribution in [0.4, 0.5) is 4.79 Å². The number of carbonyl (C=O) groups is 1. The number of amides is 2. The second kappa shape index (κ2) is 8.71. The van der Waals surface area contributed by atoms with Crippen molar-refractivity contribution in [1.82, 2.24) is 10.6 Å². The number of hydrogen-bond donors (Lipinski definition) is 2. The van der Waals surface area contributed by atoms with Crippen molar-refractivity contribution < 1.29 is 4.79 Å². The highest BCUT2D eigenvalue weighted by atomic mass is 16.2. The van der Waals surface area contributed by atoms with E-state index in [4.69, 9.17) is 0 Å². The molecule has 0 unspecified atom stereocenters. The van der Waals surface area contributed by atoms with Gasteiger partial charge in [-0.1, -0.05) is 49.6 Å². The van der Waals surface area contributed by atoms with Gasteiger partial charge < -0.3 is 10.6 Å². The maximum atomic E-state index is 11.9. The highest BCUT2D eigenvalue weighted by Crippen LogP contribution is 2.26. The molecule has 2 N–H and O–H groups in total. The summed E-state index contributed by atoms with van der Waals surface area (Å²) in [6.07, 6.45) is 8.50. The number of nitrogens with one attached hydrogen (secondary N) is 2. The van der Waals surface area contributed by atoms with Crippen LogP contribution in [-0.4, -0.2) is 18.6 Å². The molecule has 3 nitrogen and oxygen atoms in total. The van der Waals surface area contributed by atoms with Crippen LogP contribution >= 0.6 is 0 Å². The molecule has 3 heteroatoms. The second-order valence-corrected chi connectivity index (χ2v) is 6.18. The first-order chi connectivity index (χ1) is 10.3. The van der Waals surface area contributed by atoms with E-state index in [2.05, 4.69) is 41.8 Å². The minimum atomic E-state index is -0.0128. The number of aryl methyl sites for hydroxylation is 1. The van der Waals surface area contributed by atoms with E-state index in [0.29, 0.717) is 12.0 Å². The maximum absolute atomic E-state index is 11.9. The lowest BCUT2D eigenvalue weighted by atomic mass is 9.85. The molecule has 0 aliphatic heterocycles. The van der Waals surface area contributed by atoms with Crippen molar-refractivity contribution in [2.75, 3.05) is 6.54 Å². The van der Waals surface area contributed by atoms with Gasteiger partial charge in [-0.15, -0.1) is 0 Å². The summed E-state index contributed by atoms with van der Waals surface area (Å²) in [7, 11) is 0. The molecule has 1 aromatic carbocycles. The molecule has 1 aromatic rings. The number of rotatable bonds is 6. The molecule has 0 spiro atoms. The standard InChI is InChI=1S/C18H28N2O/c1-15(17-12-6-3-7-13-17)20-18(21)19-14-8-11-16-9-4-2-5-10-16/h2,4-5,9-10,15,17H,3,6-8,11-14H2,1H3,(H2,19,20,21)/t15-/m0/s1. The summed E-state index contributed by atoms with van der Waals surface area (Å²) in [4.78, 5) is 11.9. The number of benzene rings is 1. The summed E-state index contributed by atoms with van der Waals surface area (Å²) in [5, 5.41) is 6.07. The Labute approximate surface area is 128 Å². The number of urea groups is 1. The predicted octanol–water partition coefficient (Wildman–Crippen LogP) is 3.89. The molecule has 0 radical (unpaired) electrons. The van der Waals surface area contributed by atoms with Crippen LogP contribution in [-0.2, 0) is 6.42 Å². The monoisotopic (exact) mass is 288 g/mol. The first kappa shape index (κ1) is 15.9. The van der Waals surface area contributed by atoms with Gasteiger partial charge in [0.15, 0.2) is 0 Å². The predicted molar refractivity (Wildman–Crippen MR) is 87.3 cm³/mol. The quantitative estimate of drug-likeness (QED) is 0.766. The molecular formula is C18H28N2O. The van der Waals surface area contributed by atoms with Crippen molar-refractivity contribution in [2.24, 2.45) is 5.92 Å². The minimum Gasteiger partial charge on any atom is -0.338 e. The molecule has 0 heterocycles. The molecule has 21 heavy (non-hydrogen) atoms. The Morgan fingerprint density at radius 3 is 2.62 bits per heavy atom. The van der Waals surface area contributed by atoms with Gasteiger partial charge in [0.25, 0.3) is 0 Å². The van der Waals surface area contributed by atoms with Gasteiger partial charge in [-0.05, 0) is 44.1 Å². The highest BCUT2D eigenvalue weighted by Gasteiger charge is 2.21. The lowest BCUT2D eigenvalue weighted by molar-refractivity contribution is 0.225. The molecule has 1 aliphatic rings. The van der Waals surface area contributed by atoms with E-state index in [-0.39, 0.29) is 6.03 Å². The minimum absolute atomic E-state index is 0.0128. The van der Waals surface area contributed by atoms with E-state index in [1.54, 1.807) is 0 Å². The Morgan fingerprint density at radius 1 is 1.19 bits per heavy atom. The van der Waals surface area contributed by atoms with Crippen LogP contribution in [0.3, 0.4) is 0 Å². The lowest BCUT2D eigenvalue weighted by Gasteiger charge is -2.28. The summed E-state index contributed by atoms with van der Waals surface area (Å²) >= 11 is 0. The zero-order valence-corrected chi connectivity index (χ0v) is 13.1. The highest BCUT2D eigenvalue weighted by molar-refractivity contribution is 5.74. The van der Waals surface area contributed by atoms with Gasteiger partial charge in [-0.25, -0.2) is 4.79 Å². The SMILES string of the molecule is C[C@H](NC(=O)NCCCc1ccccc1)C1CCCCC1. The van der Waals surface area contributed by atoms with E-state index >= 15 is 0 Å². The van der Waals surface area contributed by atoms with Crippen LogP contribution in [0.5, 0.6) is 0 Å². The van der Waals surface area contributed by atoms with Crippen molar-refractivity contribution in [2.45, 2.75) is 57.9 Å². The zero-order valence-electron chi connectivity index (χ0n) is 13.1. The fourth-order valence-corrected chi connectivity index (χ4v) is 3.15. The van der Waals surface area contributed by atoms with Crippen LogP contribution in [0.2, 0.25) is 0 Å². The lowest BCUT2D eigenvalue weighted by Crippen LogP contribution is -2.44. The molecule has 2 rings (SSSR count).